The number of nitrogens with one attached hydrogen (secondary N) is 1. The zero-order chi connectivity index (χ0) is 10.9. The maximum atomic E-state index is 11.9. The Bertz CT molecular complexity index is 451. The molecule has 1 aromatic carbocycles. The highest BCUT2D eigenvalue weighted by atomic mass is 32.2. The summed E-state index contributed by atoms with van der Waals surface area (Å²) in [6.45, 7) is 0. The van der Waals surface area contributed by atoms with Crippen molar-refractivity contribution in [1.29, 1.82) is 0 Å². The molecular weight excluding hydrogens is 214 g/mol. The molecule has 0 bridgehead atoms. The average Bonchev–Trinajstić information content (AvgIpc) is 3.01. The van der Waals surface area contributed by atoms with E-state index < -0.39 is 10.0 Å². The van der Waals surface area contributed by atoms with Crippen molar-refractivity contribution in [2.24, 2.45) is 0 Å². The predicted octanol–water partition coefficient (Wildman–Crippen LogP) is 0.936. The van der Waals surface area contributed by atoms with Gasteiger partial charge in [-0.3, -0.25) is 0 Å². The van der Waals surface area contributed by atoms with Gasteiger partial charge in [0.2, 0.25) is 10.0 Å². The van der Waals surface area contributed by atoms with E-state index in [1.807, 2.05) is 0 Å². The summed E-state index contributed by atoms with van der Waals surface area (Å²) in [5, 5.41) is 0. The van der Waals surface area contributed by atoms with Crippen molar-refractivity contribution in [2.45, 2.75) is 23.8 Å². The maximum absolute atomic E-state index is 11.9. The average molecular weight is 226 g/mol. The quantitative estimate of drug-likeness (QED) is 0.831. The van der Waals surface area contributed by atoms with E-state index in [2.05, 4.69) is 10.8 Å². The van der Waals surface area contributed by atoms with Crippen molar-refractivity contribution < 1.29 is 13.2 Å². The van der Waals surface area contributed by atoms with E-state index in [0.717, 1.165) is 12.8 Å². The number of hydrogen-bond donors (Lipinski definition) is 1. The Hall–Kier alpha value is -1.07. The van der Waals surface area contributed by atoms with Gasteiger partial charge in [-0.15, -0.1) is 0 Å². The lowest BCUT2D eigenvalue weighted by atomic mass is 10.3. The molecule has 1 aromatic rings. The molecule has 5 heteroatoms. The first-order valence-electron chi connectivity index (χ1n) is 4.70. The van der Waals surface area contributed by atoms with Gasteiger partial charge in [-0.05, 0) is 31.0 Å². The largest absolute Gasteiger partial charge is 0.495 e. The third-order valence-electron chi connectivity index (χ3n) is 2.20. The minimum atomic E-state index is -3.45. The normalized spacial score (nSPS) is 16.3. The van der Waals surface area contributed by atoms with Gasteiger partial charge in [0, 0.05) is 6.04 Å². The Morgan fingerprint density at radius 3 is 2.87 bits per heavy atom. The predicted molar refractivity (Wildman–Crippen MR) is 55.2 cm³/mol. The Morgan fingerprint density at radius 1 is 1.53 bits per heavy atom. The van der Waals surface area contributed by atoms with Gasteiger partial charge in [0.25, 0.3) is 0 Å². The van der Waals surface area contributed by atoms with Crippen LogP contribution in [0.15, 0.2) is 23.1 Å². The number of benzene rings is 1. The van der Waals surface area contributed by atoms with Crippen molar-refractivity contribution in [3.63, 3.8) is 0 Å². The fraction of sp³-hybridized carbons (Fsp3) is 0.400. The number of sulfonamides is 1. The van der Waals surface area contributed by atoms with Gasteiger partial charge in [0.05, 0.1) is 7.11 Å². The second-order valence-electron chi connectivity index (χ2n) is 3.47. The molecule has 1 saturated carbocycles. The van der Waals surface area contributed by atoms with E-state index in [9.17, 15) is 8.42 Å². The van der Waals surface area contributed by atoms with E-state index in [-0.39, 0.29) is 10.9 Å². The van der Waals surface area contributed by atoms with Gasteiger partial charge in [0.1, 0.15) is 10.6 Å². The third kappa shape index (κ3) is 2.30. The highest BCUT2D eigenvalue weighted by molar-refractivity contribution is 7.89. The van der Waals surface area contributed by atoms with Crippen LogP contribution in [0.4, 0.5) is 0 Å². The number of ether oxygens (including phenoxy) is 1. The fourth-order valence-corrected chi connectivity index (χ4v) is 2.70. The summed E-state index contributed by atoms with van der Waals surface area (Å²) < 4.78 is 31.3. The smallest absolute Gasteiger partial charge is 0.244 e. The monoisotopic (exact) mass is 226 g/mol. The van der Waals surface area contributed by atoms with Crippen molar-refractivity contribution in [2.75, 3.05) is 7.11 Å². The van der Waals surface area contributed by atoms with Crippen molar-refractivity contribution in [3.8, 4) is 5.75 Å². The molecule has 1 aliphatic carbocycles. The summed E-state index contributed by atoms with van der Waals surface area (Å²) in [5.41, 5.74) is 0. The summed E-state index contributed by atoms with van der Waals surface area (Å²) in [4.78, 5) is 0.152. The molecule has 4 nitrogen and oxygen atoms in total. The molecule has 0 aromatic heterocycles. The molecule has 0 unspecified atom stereocenters. The first kappa shape index (κ1) is 10.4. The van der Waals surface area contributed by atoms with Gasteiger partial charge < -0.3 is 4.74 Å². The number of rotatable bonds is 4. The Balaban J connectivity index is 2.34. The van der Waals surface area contributed by atoms with Crippen LogP contribution in [0.2, 0.25) is 0 Å². The first-order valence-corrected chi connectivity index (χ1v) is 6.18. The summed E-state index contributed by atoms with van der Waals surface area (Å²) in [7, 11) is -2.00. The number of methoxy groups -OCH3 is 1. The minimum absolute atomic E-state index is 0.0971. The first-order chi connectivity index (χ1) is 7.13. The lowest BCUT2D eigenvalue weighted by molar-refractivity contribution is 0.402. The topological polar surface area (TPSA) is 55.4 Å². The second-order valence-corrected chi connectivity index (χ2v) is 5.15. The zero-order valence-corrected chi connectivity index (χ0v) is 9.17. The molecule has 0 atom stereocenters. The molecule has 1 aliphatic rings. The fourth-order valence-electron chi connectivity index (χ4n) is 1.26. The van der Waals surface area contributed by atoms with Crippen LogP contribution in [0.25, 0.3) is 0 Å². The molecular formula is C10H12NO3S. The van der Waals surface area contributed by atoms with Crippen LogP contribution in [-0.4, -0.2) is 21.6 Å². The summed E-state index contributed by atoms with van der Waals surface area (Å²) >= 11 is 0. The van der Waals surface area contributed by atoms with Crippen LogP contribution in [0.3, 0.4) is 0 Å². The molecule has 0 saturated heterocycles. The summed E-state index contributed by atoms with van der Waals surface area (Å²) in [6.07, 6.45) is 1.83. The van der Waals surface area contributed by atoms with Crippen molar-refractivity contribution in [1.82, 2.24) is 4.72 Å². The Morgan fingerprint density at radius 2 is 2.27 bits per heavy atom. The number of hydrogen-bond acceptors (Lipinski definition) is 3. The van der Waals surface area contributed by atoms with Crippen molar-refractivity contribution >= 4 is 10.0 Å². The molecule has 15 heavy (non-hydrogen) atoms. The lowest BCUT2D eigenvalue weighted by Gasteiger charge is -2.09. The van der Waals surface area contributed by atoms with Crippen LogP contribution in [0.5, 0.6) is 5.75 Å². The van der Waals surface area contributed by atoms with Crippen LogP contribution in [-0.2, 0) is 10.0 Å². The van der Waals surface area contributed by atoms with E-state index >= 15 is 0 Å². The molecule has 1 N–H and O–H groups in total. The summed E-state index contributed by atoms with van der Waals surface area (Å²) in [6, 6.07) is 7.46. The Labute approximate surface area is 89.3 Å². The van der Waals surface area contributed by atoms with Crippen LogP contribution >= 0.6 is 0 Å². The maximum Gasteiger partial charge on any atom is 0.244 e. The highest BCUT2D eigenvalue weighted by Gasteiger charge is 2.29. The van der Waals surface area contributed by atoms with E-state index in [1.54, 1.807) is 12.1 Å². The Kier molecular flexibility index (Phi) is 2.67. The van der Waals surface area contributed by atoms with Gasteiger partial charge >= 0.3 is 0 Å². The summed E-state index contributed by atoms with van der Waals surface area (Å²) in [5.74, 6) is 0.349. The van der Waals surface area contributed by atoms with Crippen LogP contribution in [0.1, 0.15) is 12.8 Å². The zero-order valence-electron chi connectivity index (χ0n) is 8.36. The van der Waals surface area contributed by atoms with E-state index in [0.29, 0.717) is 5.75 Å². The van der Waals surface area contributed by atoms with Gasteiger partial charge in [-0.25, -0.2) is 13.1 Å². The highest BCUT2D eigenvalue weighted by Crippen LogP contribution is 2.26. The van der Waals surface area contributed by atoms with Gasteiger partial charge in [-0.2, -0.15) is 0 Å². The van der Waals surface area contributed by atoms with Crippen LogP contribution < -0.4 is 9.46 Å². The SMILES string of the molecule is COc1cc[c]cc1S(=O)(=O)NC1CC1. The van der Waals surface area contributed by atoms with E-state index in [1.165, 1.54) is 13.2 Å². The molecule has 0 aliphatic heterocycles. The van der Waals surface area contributed by atoms with Gasteiger partial charge in [-0.1, -0.05) is 6.07 Å². The molecule has 1 fully saturated rings. The molecule has 0 amide bonds. The minimum Gasteiger partial charge on any atom is -0.495 e. The molecule has 0 heterocycles. The van der Waals surface area contributed by atoms with Crippen LogP contribution in [0, 0.1) is 6.07 Å². The third-order valence-corrected chi connectivity index (χ3v) is 3.74. The standard InChI is InChI=1S/C10H12NO3S/c1-14-9-4-2-3-5-10(9)15(12,13)11-8-6-7-8/h2,4-5,8,11H,6-7H2,1H3. The second kappa shape index (κ2) is 3.83. The molecule has 1 radical (unpaired) electrons. The lowest BCUT2D eigenvalue weighted by Crippen LogP contribution is -2.26. The molecule has 0 spiro atoms. The van der Waals surface area contributed by atoms with Gasteiger partial charge in [0.15, 0.2) is 0 Å². The van der Waals surface area contributed by atoms with Crippen molar-refractivity contribution in [3.05, 3.63) is 24.3 Å². The molecule has 81 valence electrons. The van der Waals surface area contributed by atoms with E-state index in [4.69, 9.17) is 4.74 Å². The molecule has 2 rings (SSSR count).